The molecule has 2 heterocycles. The number of carbonyl (C=O) groups is 3. The van der Waals surface area contributed by atoms with E-state index < -0.39 is 24.1 Å². The van der Waals surface area contributed by atoms with Crippen LogP contribution in [0.15, 0.2) is 18.5 Å². The Balaban J connectivity index is 2.04. The van der Waals surface area contributed by atoms with E-state index in [1.165, 1.54) is 6.20 Å². The number of H-pyrrole nitrogens is 1. The summed E-state index contributed by atoms with van der Waals surface area (Å²) in [6, 6.07) is 0.118. The predicted molar refractivity (Wildman–Crippen MR) is 99.3 cm³/mol. The molecule has 1 aliphatic heterocycles. The van der Waals surface area contributed by atoms with Gasteiger partial charge in [0.25, 0.3) is 0 Å². The number of amides is 2. The fourth-order valence-electron chi connectivity index (χ4n) is 2.89. The Labute approximate surface area is 159 Å². The van der Waals surface area contributed by atoms with Crippen molar-refractivity contribution in [2.45, 2.75) is 58.7 Å². The third kappa shape index (κ3) is 5.82. The number of carbonyl (C=O) groups excluding carboxylic acids is 3. The molecule has 2 rings (SSSR count). The SMILES string of the molecule is CCC1OCC(=O)C1NC(=O)[C@H](CC(C)C(C)C)NC(=O)Oc1cc[nH]c1. The molecule has 1 fully saturated rings. The fourth-order valence-corrected chi connectivity index (χ4v) is 2.89. The van der Waals surface area contributed by atoms with Crippen molar-refractivity contribution >= 4 is 17.8 Å². The van der Waals surface area contributed by atoms with E-state index in [2.05, 4.69) is 29.5 Å². The molecule has 150 valence electrons. The van der Waals surface area contributed by atoms with Crippen molar-refractivity contribution in [2.24, 2.45) is 11.8 Å². The van der Waals surface area contributed by atoms with E-state index in [0.717, 1.165) is 0 Å². The highest BCUT2D eigenvalue weighted by Gasteiger charge is 2.37. The van der Waals surface area contributed by atoms with Crippen LogP contribution in [0.2, 0.25) is 0 Å². The van der Waals surface area contributed by atoms with Crippen molar-refractivity contribution in [3.63, 3.8) is 0 Å². The second kappa shape index (κ2) is 9.55. The molecular formula is C19H29N3O5. The molecule has 0 saturated carbocycles. The molecule has 27 heavy (non-hydrogen) atoms. The van der Waals surface area contributed by atoms with Crippen LogP contribution in [0.4, 0.5) is 4.79 Å². The lowest BCUT2D eigenvalue weighted by Crippen LogP contribution is -2.54. The molecule has 0 aromatic carbocycles. The zero-order valence-electron chi connectivity index (χ0n) is 16.3. The van der Waals surface area contributed by atoms with E-state index in [4.69, 9.17) is 9.47 Å². The van der Waals surface area contributed by atoms with Gasteiger partial charge in [0.15, 0.2) is 5.78 Å². The first-order valence-corrected chi connectivity index (χ1v) is 9.37. The summed E-state index contributed by atoms with van der Waals surface area (Å²) >= 11 is 0. The summed E-state index contributed by atoms with van der Waals surface area (Å²) in [6.45, 7) is 8.02. The van der Waals surface area contributed by atoms with Crippen LogP contribution in [-0.4, -0.2) is 47.6 Å². The van der Waals surface area contributed by atoms with Gasteiger partial charge in [0.2, 0.25) is 5.91 Å². The molecule has 0 radical (unpaired) electrons. The number of rotatable bonds is 8. The second-order valence-corrected chi connectivity index (χ2v) is 7.30. The van der Waals surface area contributed by atoms with Gasteiger partial charge in [-0.2, -0.15) is 0 Å². The first kappa shape index (κ1) is 21.0. The maximum atomic E-state index is 12.8. The minimum absolute atomic E-state index is 0.000519. The molecule has 1 aromatic rings. The van der Waals surface area contributed by atoms with Crippen LogP contribution in [0.3, 0.4) is 0 Å². The maximum Gasteiger partial charge on any atom is 0.413 e. The van der Waals surface area contributed by atoms with E-state index in [1.807, 2.05) is 13.8 Å². The van der Waals surface area contributed by atoms with Crippen molar-refractivity contribution in [1.82, 2.24) is 15.6 Å². The second-order valence-electron chi connectivity index (χ2n) is 7.30. The molecule has 1 aromatic heterocycles. The van der Waals surface area contributed by atoms with Gasteiger partial charge in [-0.05, 0) is 30.7 Å². The van der Waals surface area contributed by atoms with E-state index in [-0.39, 0.29) is 24.4 Å². The van der Waals surface area contributed by atoms with Crippen LogP contribution < -0.4 is 15.4 Å². The highest BCUT2D eigenvalue weighted by molar-refractivity contribution is 5.94. The average Bonchev–Trinajstić information content (AvgIpc) is 3.24. The minimum atomic E-state index is -0.806. The summed E-state index contributed by atoms with van der Waals surface area (Å²) in [4.78, 5) is 39.8. The van der Waals surface area contributed by atoms with Gasteiger partial charge in [0, 0.05) is 12.4 Å². The van der Waals surface area contributed by atoms with Crippen molar-refractivity contribution in [3.8, 4) is 5.75 Å². The highest BCUT2D eigenvalue weighted by Crippen LogP contribution is 2.18. The third-order valence-corrected chi connectivity index (χ3v) is 4.99. The molecule has 3 unspecified atom stereocenters. The summed E-state index contributed by atoms with van der Waals surface area (Å²) in [7, 11) is 0. The Morgan fingerprint density at radius 2 is 2.11 bits per heavy atom. The molecular weight excluding hydrogens is 350 g/mol. The van der Waals surface area contributed by atoms with Gasteiger partial charge in [-0.15, -0.1) is 0 Å². The summed E-state index contributed by atoms with van der Waals surface area (Å²) in [6.07, 6.45) is 3.16. The lowest BCUT2D eigenvalue weighted by molar-refractivity contribution is -0.128. The number of hydrogen-bond acceptors (Lipinski definition) is 5. The summed E-state index contributed by atoms with van der Waals surface area (Å²) in [5, 5.41) is 5.37. The first-order valence-electron chi connectivity index (χ1n) is 9.37. The molecule has 1 saturated heterocycles. The standard InChI is InChI=1S/C19H29N3O5/c1-5-16-17(15(23)10-26-16)22-18(24)14(8-12(4)11(2)3)21-19(25)27-13-6-7-20-9-13/h6-7,9,11-12,14,16-17,20H,5,8,10H2,1-4H3,(H,21,25)(H,22,24)/t12?,14-,16?,17?/m0/s1. The van der Waals surface area contributed by atoms with Gasteiger partial charge < -0.3 is 25.1 Å². The van der Waals surface area contributed by atoms with E-state index >= 15 is 0 Å². The Bertz CT molecular complexity index is 644. The lowest BCUT2D eigenvalue weighted by atomic mass is 9.90. The smallest absolute Gasteiger partial charge is 0.409 e. The molecule has 8 nitrogen and oxygen atoms in total. The fraction of sp³-hybridized carbons (Fsp3) is 0.632. The van der Waals surface area contributed by atoms with Crippen molar-refractivity contribution in [3.05, 3.63) is 18.5 Å². The van der Waals surface area contributed by atoms with Gasteiger partial charge in [0.05, 0.1) is 6.10 Å². The van der Waals surface area contributed by atoms with Gasteiger partial charge in [0.1, 0.15) is 24.4 Å². The van der Waals surface area contributed by atoms with Crippen LogP contribution in [0.1, 0.15) is 40.5 Å². The molecule has 1 aliphatic rings. The van der Waals surface area contributed by atoms with Crippen LogP contribution in [0.5, 0.6) is 5.75 Å². The van der Waals surface area contributed by atoms with E-state index in [1.54, 1.807) is 12.3 Å². The number of nitrogens with one attached hydrogen (secondary N) is 3. The third-order valence-electron chi connectivity index (χ3n) is 4.99. The zero-order valence-corrected chi connectivity index (χ0v) is 16.3. The van der Waals surface area contributed by atoms with Crippen LogP contribution in [-0.2, 0) is 14.3 Å². The highest BCUT2D eigenvalue weighted by atomic mass is 16.6. The van der Waals surface area contributed by atoms with Crippen LogP contribution in [0, 0.1) is 11.8 Å². The average molecular weight is 379 g/mol. The Morgan fingerprint density at radius 1 is 1.37 bits per heavy atom. The minimum Gasteiger partial charge on any atom is -0.409 e. The molecule has 8 heteroatoms. The predicted octanol–water partition coefficient (Wildman–Crippen LogP) is 2.02. The number of aromatic amines is 1. The summed E-state index contributed by atoms with van der Waals surface area (Å²) in [5.41, 5.74) is 0. The molecule has 2 amide bonds. The molecule has 3 N–H and O–H groups in total. The Hall–Kier alpha value is -2.35. The first-order chi connectivity index (χ1) is 12.8. The molecule has 4 atom stereocenters. The van der Waals surface area contributed by atoms with E-state index in [0.29, 0.717) is 24.5 Å². The number of aromatic nitrogens is 1. The van der Waals surface area contributed by atoms with E-state index in [9.17, 15) is 14.4 Å². The number of ether oxygens (including phenoxy) is 2. The lowest BCUT2D eigenvalue weighted by Gasteiger charge is -2.25. The Morgan fingerprint density at radius 3 is 2.70 bits per heavy atom. The molecule has 0 spiro atoms. The number of hydrogen-bond donors (Lipinski definition) is 3. The number of ketones is 1. The van der Waals surface area contributed by atoms with Crippen molar-refractivity contribution in [2.75, 3.05) is 6.61 Å². The van der Waals surface area contributed by atoms with Crippen LogP contribution in [0.25, 0.3) is 0 Å². The molecule has 0 bridgehead atoms. The normalized spacial score (nSPS) is 21.7. The maximum absolute atomic E-state index is 12.8. The summed E-state index contributed by atoms with van der Waals surface area (Å²) in [5.74, 6) is 0.319. The largest absolute Gasteiger partial charge is 0.413 e. The topological polar surface area (TPSA) is 110 Å². The Kier molecular flexibility index (Phi) is 7.41. The van der Waals surface area contributed by atoms with Gasteiger partial charge >= 0.3 is 6.09 Å². The molecule has 0 aliphatic carbocycles. The van der Waals surface area contributed by atoms with Crippen molar-refractivity contribution < 1.29 is 23.9 Å². The van der Waals surface area contributed by atoms with Crippen molar-refractivity contribution in [1.29, 1.82) is 0 Å². The monoisotopic (exact) mass is 379 g/mol. The van der Waals surface area contributed by atoms with Gasteiger partial charge in [-0.1, -0.05) is 27.7 Å². The van der Waals surface area contributed by atoms with Gasteiger partial charge in [-0.25, -0.2) is 4.79 Å². The zero-order chi connectivity index (χ0) is 20.0. The van der Waals surface area contributed by atoms with Gasteiger partial charge in [-0.3, -0.25) is 9.59 Å². The van der Waals surface area contributed by atoms with Crippen LogP contribution >= 0.6 is 0 Å². The summed E-state index contributed by atoms with van der Waals surface area (Å²) < 4.78 is 10.6. The number of Topliss-reactive ketones (excluding diaryl/α,β-unsaturated/α-hetero) is 1. The quantitative estimate of drug-likeness (QED) is 0.640.